The lowest BCUT2D eigenvalue weighted by atomic mass is 10.2. The van der Waals surface area contributed by atoms with Gasteiger partial charge in [-0.15, -0.1) is 0 Å². The number of nitro groups is 1. The topological polar surface area (TPSA) is 112 Å². The minimum Gasteiger partial charge on any atom is -0.457 e. The molecule has 0 unspecified atom stereocenters. The fourth-order valence-electron chi connectivity index (χ4n) is 2.99. The van der Waals surface area contributed by atoms with Crippen LogP contribution < -0.4 is 10.2 Å². The van der Waals surface area contributed by atoms with Gasteiger partial charge in [-0.2, -0.15) is 10.2 Å². The summed E-state index contributed by atoms with van der Waals surface area (Å²) in [6.45, 7) is 0.378. The van der Waals surface area contributed by atoms with Crippen LogP contribution in [0, 0.1) is 10.1 Å². The van der Waals surface area contributed by atoms with Crippen LogP contribution >= 0.6 is 0 Å². The standard InChI is InChI=1S/C24H19N5O4/c30-24(23-13-14-28(27-23)17-18-9-11-20(12-10-18)29(31)32)26-25-16-19-5-4-8-22(15-19)33-21-6-2-1-3-7-21/h1-16H,17H2,(H,26,30). The van der Waals surface area contributed by atoms with Crippen LogP contribution in [0.4, 0.5) is 5.69 Å². The number of ether oxygens (including phenoxy) is 1. The summed E-state index contributed by atoms with van der Waals surface area (Å²) in [5.41, 5.74) is 4.26. The zero-order valence-electron chi connectivity index (χ0n) is 17.4. The molecule has 1 N–H and O–H groups in total. The summed E-state index contributed by atoms with van der Waals surface area (Å²) in [5.74, 6) is 0.927. The van der Waals surface area contributed by atoms with Crippen molar-refractivity contribution in [3.8, 4) is 11.5 Å². The van der Waals surface area contributed by atoms with Gasteiger partial charge in [0.05, 0.1) is 17.7 Å². The highest BCUT2D eigenvalue weighted by atomic mass is 16.6. The fourth-order valence-corrected chi connectivity index (χ4v) is 2.99. The lowest BCUT2D eigenvalue weighted by molar-refractivity contribution is -0.384. The number of hydrogen-bond donors (Lipinski definition) is 1. The Balaban J connectivity index is 1.33. The number of carbonyl (C=O) groups excluding carboxylic acids is 1. The van der Waals surface area contributed by atoms with E-state index >= 15 is 0 Å². The maximum atomic E-state index is 12.3. The minimum absolute atomic E-state index is 0.0225. The van der Waals surface area contributed by atoms with E-state index in [0.29, 0.717) is 12.3 Å². The number of benzene rings is 3. The minimum atomic E-state index is -0.453. The fraction of sp³-hybridized carbons (Fsp3) is 0.0417. The van der Waals surface area contributed by atoms with Crippen LogP contribution in [0.2, 0.25) is 0 Å². The molecule has 3 aromatic carbocycles. The largest absolute Gasteiger partial charge is 0.457 e. The molecule has 1 aromatic heterocycles. The van der Waals surface area contributed by atoms with Gasteiger partial charge in [-0.3, -0.25) is 19.6 Å². The van der Waals surface area contributed by atoms with Crippen molar-refractivity contribution in [1.29, 1.82) is 0 Å². The zero-order valence-corrected chi connectivity index (χ0v) is 17.4. The second-order valence-electron chi connectivity index (χ2n) is 7.01. The molecule has 164 valence electrons. The summed E-state index contributed by atoms with van der Waals surface area (Å²) >= 11 is 0. The van der Waals surface area contributed by atoms with Gasteiger partial charge in [0.2, 0.25) is 0 Å². The maximum Gasteiger partial charge on any atom is 0.291 e. The zero-order chi connectivity index (χ0) is 23.0. The number of nitrogens with zero attached hydrogens (tertiary/aromatic N) is 4. The van der Waals surface area contributed by atoms with E-state index in [1.165, 1.54) is 18.3 Å². The molecule has 33 heavy (non-hydrogen) atoms. The van der Waals surface area contributed by atoms with Crippen molar-refractivity contribution >= 4 is 17.8 Å². The van der Waals surface area contributed by atoms with Crippen LogP contribution in [0.5, 0.6) is 11.5 Å². The molecule has 0 aliphatic heterocycles. The summed E-state index contributed by atoms with van der Waals surface area (Å²) in [6.07, 6.45) is 3.17. The molecule has 9 heteroatoms. The molecule has 0 radical (unpaired) electrons. The molecule has 0 atom stereocenters. The van der Waals surface area contributed by atoms with Gasteiger partial charge in [0.25, 0.3) is 11.6 Å². The molecule has 4 aromatic rings. The van der Waals surface area contributed by atoms with E-state index in [9.17, 15) is 14.9 Å². The van der Waals surface area contributed by atoms with E-state index < -0.39 is 10.8 Å². The van der Waals surface area contributed by atoms with E-state index in [1.54, 1.807) is 29.1 Å². The number of para-hydroxylation sites is 1. The normalized spacial score (nSPS) is 10.8. The van der Waals surface area contributed by atoms with Crippen molar-refractivity contribution < 1.29 is 14.5 Å². The molecule has 0 aliphatic carbocycles. The Bertz CT molecular complexity index is 1280. The number of aromatic nitrogens is 2. The molecule has 0 aliphatic rings. The summed E-state index contributed by atoms with van der Waals surface area (Å²) in [6, 6.07) is 24.5. The Morgan fingerprint density at radius 2 is 1.79 bits per heavy atom. The van der Waals surface area contributed by atoms with Crippen molar-refractivity contribution in [3.63, 3.8) is 0 Å². The number of non-ortho nitro benzene ring substituents is 1. The lowest BCUT2D eigenvalue weighted by Gasteiger charge is -2.05. The van der Waals surface area contributed by atoms with Gasteiger partial charge in [-0.1, -0.05) is 42.5 Å². The second kappa shape index (κ2) is 10.0. The van der Waals surface area contributed by atoms with Gasteiger partial charge >= 0.3 is 0 Å². The van der Waals surface area contributed by atoms with Gasteiger partial charge < -0.3 is 4.74 Å². The summed E-state index contributed by atoms with van der Waals surface area (Å²) in [7, 11) is 0. The third kappa shape index (κ3) is 5.88. The number of nitrogens with one attached hydrogen (secondary N) is 1. The molecule has 4 rings (SSSR count). The molecule has 1 heterocycles. The highest BCUT2D eigenvalue weighted by Crippen LogP contribution is 2.21. The Hall–Kier alpha value is -4.79. The van der Waals surface area contributed by atoms with Crippen molar-refractivity contribution in [2.75, 3.05) is 0 Å². The smallest absolute Gasteiger partial charge is 0.291 e. The number of hydrogen-bond acceptors (Lipinski definition) is 6. The third-order valence-electron chi connectivity index (χ3n) is 4.58. The summed E-state index contributed by atoms with van der Waals surface area (Å²) < 4.78 is 7.36. The lowest BCUT2D eigenvalue weighted by Crippen LogP contribution is -2.18. The average Bonchev–Trinajstić information content (AvgIpc) is 3.29. The molecule has 9 nitrogen and oxygen atoms in total. The predicted molar refractivity (Wildman–Crippen MR) is 122 cm³/mol. The molecule has 0 spiro atoms. The molecule has 0 fully saturated rings. The average molecular weight is 441 g/mol. The number of nitro benzene ring substituents is 1. The van der Waals surface area contributed by atoms with Crippen LogP contribution in [0.15, 0.2) is 96.2 Å². The van der Waals surface area contributed by atoms with Crippen molar-refractivity contribution in [1.82, 2.24) is 15.2 Å². The molecular weight excluding hydrogens is 422 g/mol. The van der Waals surface area contributed by atoms with Crippen LogP contribution in [0.3, 0.4) is 0 Å². The molecule has 0 saturated carbocycles. The van der Waals surface area contributed by atoms with Crippen LogP contribution in [-0.2, 0) is 6.54 Å². The van der Waals surface area contributed by atoms with E-state index in [1.807, 2.05) is 54.6 Å². The Kier molecular flexibility index (Phi) is 6.51. The van der Waals surface area contributed by atoms with E-state index in [-0.39, 0.29) is 11.4 Å². The number of carbonyl (C=O) groups is 1. The third-order valence-corrected chi connectivity index (χ3v) is 4.58. The van der Waals surface area contributed by atoms with Gasteiger partial charge in [0, 0.05) is 18.3 Å². The van der Waals surface area contributed by atoms with Crippen LogP contribution in [-0.4, -0.2) is 26.8 Å². The van der Waals surface area contributed by atoms with Gasteiger partial charge in [0.15, 0.2) is 5.69 Å². The maximum absolute atomic E-state index is 12.3. The van der Waals surface area contributed by atoms with E-state index in [4.69, 9.17) is 4.74 Å². The Labute approximate surface area is 189 Å². The first-order chi connectivity index (χ1) is 16.1. The first-order valence-corrected chi connectivity index (χ1v) is 10.00. The van der Waals surface area contributed by atoms with E-state index in [0.717, 1.165) is 16.9 Å². The van der Waals surface area contributed by atoms with Crippen molar-refractivity contribution in [3.05, 3.63) is 118 Å². The first-order valence-electron chi connectivity index (χ1n) is 10.00. The highest BCUT2D eigenvalue weighted by Gasteiger charge is 2.10. The molecule has 0 bridgehead atoms. The SMILES string of the molecule is O=C(NN=Cc1cccc(Oc2ccccc2)c1)c1ccn(Cc2ccc([N+](=O)[O-])cc2)n1. The van der Waals surface area contributed by atoms with E-state index in [2.05, 4.69) is 15.6 Å². The van der Waals surface area contributed by atoms with Gasteiger partial charge in [-0.05, 0) is 41.5 Å². The second-order valence-corrected chi connectivity index (χ2v) is 7.01. The summed E-state index contributed by atoms with van der Waals surface area (Å²) in [5, 5.41) is 19.0. The quantitative estimate of drug-likeness (QED) is 0.248. The first kappa shape index (κ1) is 21.4. The monoisotopic (exact) mass is 441 g/mol. The molecule has 1 amide bonds. The Morgan fingerprint density at radius 3 is 2.55 bits per heavy atom. The highest BCUT2D eigenvalue weighted by molar-refractivity contribution is 5.93. The number of hydrazone groups is 1. The van der Waals surface area contributed by atoms with Crippen molar-refractivity contribution in [2.24, 2.45) is 5.10 Å². The number of amides is 1. The molecule has 0 saturated heterocycles. The van der Waals surface area contributed by atoms with Crippen LogP contribution in [0.25, 0.3) is 0 Å². The van der Waals surface area contributed by atoms with Crippen molar-refractivity contribution in [2.45, 2.75) is 6.54 Å². The number of rotatable bonds is 8. The van der Waals surface area contributed by atoms with Gasteiger partial charge in [-0.25, -0.2) is 5.43 Å². The predicted octanol–water partition coefficient (Wildman–Crippen LogP) is 4.40. The molecular formula is C24H19N5O4. The van der Waals surface area contributed by atoms with Gasteiger partial charge in [0.1, 0.15) is 11.5 Å². The Morgan fingerprint density at radius 1 is 1.03 bits per heavy atom. The summed E-state index contributed by atoms with van der Waals surface area (Å²) in [4.78, 5) is 22.6. The van der Waals surface area contributed by atoms with Crippen LogP contribution in [0.1, 0.15) is 21.6 Å².